The predicted octanol–water partition coefficient (Wildman–Crippen LogP) is 3.71. The third-order valence-electron chi connectivity index (χ3n) is 5.18. The van der Waals surface area contributed by atoms with E-state index < -0.39 is 0 Å². The van der Waals surface area contributed by atoms with Gasteiger partial charge in [-0.1, -0.05) is 30.3 Å². The topological polar surface area (TPSA) is 70.5 Å². The number of benzene rings is 2. The largest absolute Gasteiger partial charge is 0.337 e. The molecular weight excluding hydrogens is 388 g/mol. The van der Waals surface area contributed by atoms with Crippen LogP contribution in [0.2, 0.25) is 5.02 Å². The minimum Gasteiger partial charge on any atom is -0.337 e. The third-order valence-corrected chi connectivity index (χ3v) is 5.44. The minimum absolute atomic E-state index is 0.0144. The number of nitrogens with one attached hydrogen (secondary N) is 1. The molecule has 7 heteroatoms. The van der Waals surface area contributed by atoms with Crippen molar-refractivity contribution in [2.24, 2.45) is 4.99 Å². The first kappa shape index (κ1) is 19.2. The number of piperidine rings is 1. The molecule has 1 aliphatic heterocycles. The zero-order chi connectivity index (χ0) is 20.4. The molecule has 1 atom stereocenters. The molecule has 1 N–H and O–H groups in total. The van der Waals surface area contributed by atoms with Gasteiger partial charge < -0.3 is 14.5 Å². The van der Waals surface area contributed by atoms with Crippen LogP contribution in [0, 0.1) is 0 Å². The van der Waals surface area contributed by atoms with Gasteiger partial charge in [-0.15, -0.1) is 0 Å². The molecule has 0 radical (unpaired) electrons. The summed E-state index contributed by atoms with van der Waals surface area (Å²) in [6.45, 7) is 4.85. The van der Waals surface area contributed by atoms with E-state index in [1.165, 1.54) is 6.08 Å². The Morgan fingerprint density at radius 2 is 1.93 bits per heavy atom. The van der Waals surface area contributed by atoms with Crippen LogP contribution < -0.4 is 5.62 Å². The maximum atomic E-state index is 12.7. The van der Waals surface area contributed by atoms with E-state index in [0.717, 1.165) is 23.9 Å². The summed E-state index contributed by atoms with van der Waals surface area (Å²) in [5.41, 5.74) is 2.78. The zero-order valence-electron chi connectivity index (χ0n) is 15.8. The van der Waals surface area contributed by atoms with Crippen molar-refractivity contribution in [3.63, 3.8) is 0 Å². The number of carbonyl (C=O) groups is 2. The van der Waals surface area contributed by atoms with Crippen LogP contribution in [-0.4, -0.2) is 39.4 Å². The summed E-state index contributed by atoms with van der Waals surface area (Å²) in [5.74, 6) is -0.428. The normalized spacial score (nSPS) is 17.5. The Kier molecular flexibility index (Phi) is 5.36. The van der Waals surface area contributed by atoms with Gasteiger partial charge in [0.05, 0.1) is 17.1 Å². The summed E-state index contributed by atoms with van der Waals surface area (Å²) < 4.78 is 2.03. The number of para-hydroxylation sites is 2. The molecule has 6 nitrogen and oxygen atoms in total. The number of likely N-dealkylation sites (tertiary alicyclic amines) is 1. The quantitative estimate of drug-likeness (QED) is 0.671. The Bertz CT molecular complexity index is 1140. The van der Waals surface area contributed by atoms with Crippen molar-refractivity contribution < 1.29 is 9.59 Å². The van der Waals surface area contributed by atoms with E-state index in [1.807, 2.05) is 28.8 Å². The second-order valence-corrected chi connectivity index (χ2v) is 7.48. The number of aromatic nitrogens is 2. The molecule has 3 aromatic rings. The van der Waals surface area contributed by atoms with Crippen molar-refractivity contribution in [3.8, 4) is 0 Å². The lowest BCUT2D eigenvalue weighted by molar-refractivity contribution is -0.127. The molecule has 0 spiro atoms. The molecule has 1 aromatic heterocycles. The third kappa shape index (κ3) is 3.89. The van der Waals surface area contributed by atoms with Crippen molar-refractivity contribution >= 4 is 34.4 Å². The monoisotopic (exact) mass is 408 g/mol. The van der Waals surface area contributed by atoms with Gasteiger partial charge in [-0.25, -0.2) is 0 Å². The van der Waals surface area contributed by atoms with Gasteiger partial charge in [-0.3, -0.25) is 9.59 Å². The van der Waals surface area contributed by atoms with Gasteiger partial charge in [0.1, 0.15) is 0 Å². The lowest BCUT2D eigenvalue weighted by Crippen LogP contribution is -2.42. The maximum Gasteiger partial charge on any atom is 0.280 e. The first-order valence-corrected chi connectivity index (χ1v) is 9.90. The number of imidazole rings is 1. The highest BCUT2D eigenvalue weighted by Gasteiger charge is 2.25. The highest BCUT2D eigenvalue weighted by atomic mass is 35.5. The average molecular weight is 409 g/mol. The Balaban J connectivity index is 1.79. The Hall–Kier alpha value is -3.12. The molecule has 2 amide bonds. The van der Waals surface area contributed by atoms with Crippen molar-refractivity contribution in [1.82, 2.24) is 14.5 Å². The van der Waals surface area contributed by atoms with Crippen molar-refractivity contribution in [2.45, 2.75) is 18.9 Å². The molecule has 2 aromatic carbocycles. The van der Waals surface area contributed by atoms with E-state index in [4.69, 9.17) is 11.6 Å². The Morgan fingerprint density at radius 1 is 1.17 bits per heavy atom. The van der Waals surface area contributed by atoms with Crippen molar-refractivity contribution in [3.05, 3.63) is 77.4 Å². The van der Waals surface area contributed by atoms with Crippen LogP contribution in [0.1, 0.15) is 29.2 Å². The molecule has 1 fully saturated rings. The van der Waals surface area contributed by atoms with Crippen LogP contribution in [-0.2, 0) is 4.79 Å². The number of aromatic amines is 1. The molecule has 29 heavy (non-hydrogen) atoms. The number of hydrogen-bond donors (Lipinski definition) is 1. The standard InChI is InChI=1S/C22H21ClN4O2/c1-2-20(28)26-13-5-6-17(14-26)27-19-8-4-3-7-18(19)24-22(27)25-21(29)15-9-11-16(23)12-10-15/h2-4,7-12,17H,1,5-6,13-14H2,(H,24,25,29). The van der Waals surface area contributed by atoms with Gasteiger partial charge in [0.25, 0.3) is 5.91 Å². The number of amides is 2. The highest BCUT2D eigenvalue weighted by molar-refractivity contribution is 6.30. The van der Waals surface area contributed by atoms with E-state index >= 15 is 0 Å². The minimum atomic E-state index is -0.350. The fourth-order valence-corrected chi connectivity index (χ4v) is 3.91. The lowest BCUT2D eigenvalue weighted by atomic mass is 10.1. The summed E-state index contributed by atoms with van der Waals surface area (Å²) >= 11 is 5.92. The van der Waals surface area contributed by atoms with E-state index in [1.54, 1.807) is 29.2 Å². The van der Waals surface area contributed by atoms with Gasteiger partial charge in [0.15, 0.2) is 0 Å². The second-order valence-electron chi connectivity index (χ2n) is 7.04. The molecule has 1 saturated heterocycles. The lowest BCUT2D eigenvalue weighted by Gasteiger charge is -2.33. The van der Waals surface area contributed by atoms with Crippen LogP contribution in [0.3, 0.4) is 0 Å². The molecule has 1 aliphatic rings. The number of carbonyl (C=O) groups excluding carboxylic acids is 2. The maximum absolute atomic E-state index is 12.7. The van der Waals surface area contributed by atoms with E-state index in [2.05, 4.69) is 16.6 Å². The van der Waals surface area contributed by atoms with Gasteiger partial charge in [0, 0.05) is 23.7 Å². The average Bonchev–Trinajstić information content (AvgIpc) is 3.11. The number of nitrogens with zero attached hydrogens (tertiary/aromatic N) is 3. The summed E-state index contributed by atoms with van der Waals surface area (Å²) in [4.78, 5) is 34.3. The Labute approximate surface area is 173 Å². The van der Waals surface area contributed by atoms with Crippen LogP contribution in [0.15, 0.2) is 66.2 Å². The highest BCUT2D eigenvalue weighted by Crippen LogP contribution is 2.24. The van der Waals surface area contributed by atoms with Gasteiger partial charge in [-0.2, -0.15) is 4.99 Å². The summed E-state index contributed by atoms with van der Waals surface area (Å²) in [6, 6.07) is 14.5. The molecule has 1 unspecified atom stereocenters. The molecule has 148 valence electrons. The first-order valence-electron chi connectivity index (χ1n) is 9.52. The fourth-order valence-electron chi connectivity index (χ4n) is 3.78. The van der Waals surface area contributed by atoms with E-state index in [-0.39, 0.29) is 17.9 Å². The molecule has 2 heterocycles. The van der Waals surface area contributed by atoms with Crippen molar-refractivity contribution in [1.29, 1.82) is 0 Å². The molecular formula is C22H21ClN4O2. The van der Waals surface area contributed by atoms with Crippen molar-refractivity contribution in [2.75, 3.05) is 13.1 Å². The van der Waals surface area contributed by atoms with Crippen LogP contribution >= 0.6 is 11.6 Å². The van der Waals surface area contributed by atoms with E-state index in [9.17, 15) is 9.59 Å². The molecule has 0 saturated carbocycles. The van der Waals surface area contributed by atoms with Gasteiger partial charge in [-0.05, 0) is 55.3 Å². The van der Waals surface area contributed by atoms with Crippen LogP contribution in [0.4, 0.5) is 0 Å². The molecule has 0 bridgehead atoms. The number of hydrogen-bond acceptors (Lipinski definition) is 2. The first-order chi connectivity index (χ1) is 14.1. The summed E-state index contributed by atoms with van der Waals surface area (Å²) in [6.07, 6.45) is 3.12. The van der Waals surface area contributed by atoms with E-state index in [0.29, 0.717) is 29.3 Å². The summed E-state index contributed by atoms with van der Waals surface area (Å²) in [5, 5.41) is 0.566. The fraction of sp³-hybridized carbons (Fsp3) is 0.227. The SMILES string of the molecule is C=CC(=O)N1CCCC(n2/c(=N\C(=O)c3ccc(Cl)cc3)[nH]c3ccccc32)C1. The van der Waals surface area contributed by atoms with Crippen LogP contribution in [0.25, 0.3) is 11.0 Å². The van der Waals surface area contributed by atoms with Gasteiger partial charge >= 0.3 is 0 Å². The van der Waals surface area contributed by atoms with Crippen LogP contribution in [0.5, 0.6) is 0 Å². The zero-order valence-corrected chi connectivity index (χ0v) is 16.6. The predicted molar refractivity (Wildman–Crippen MR) is 113 cm³/mol. The molecule has 4 rings (SSSR count). The number of H-pyrrole nitrogens is 1. The number of fused-ring (bicyclic) bond motifs is 1. The summed E-state index contributed by atoms with van der Waals surface area (Å²) in [7, 11) is 0. The van der Waals surface area contributed by atoms with Gasteiger partial charge in [0.2, 0.25) is 11.5 Å². The number of halogens is 1. The second kappa shape index (κ2) is 8.09. The Morgan fingerprint density at radius 3 is 2.69 bits per heavy atom. The number of rotatable bonds is 3. The smallest absolute Gasteiger partial charge is 0.280 e. The molecule has 0 aliphatic carbocycles.